The lowest BCUT2D eigenvalue weighted by Crippen LogP contribution is -1.97. The summed E-state index contributed by atoms with van der Waals surface area (Å²) >= 11 is 0. The van der Waals surface area contributed by atoms with Gasteiger partial charge in [0.2, 0.25) is 0 Å². The van der Waals surface area contributed by atoms with Gasteiger partial charge in [0.15, 0.2) is 0 Å². The first kappa shape index (κ1) is 13.0. The highest BCUT2D eigenvalue weighted by molar-refractivity contribution is 5.15. The molecule has 0 saturated heterocycles. The van der Waals surface area contributed by atoms with Gasteiger partial charge >= 0.3 is 0 Å². The number of unbranched alkanes of at least 4 members (excludes halogenated alkanes) is 6. The average Bonchev–Trinajstić information content (AvgIpc) is 2.34. The van der Waals surface area contributed by atoms with Crippen LogP contribution in [0.2, 0.25) is 0 Å². The smallest absolute Gasteiger partial charge is 0.137 e. The van der Waals surface area contributed by atoms with Crippen molar-refractivity contribution in [3.05, 3.63) is 24.5 Å². The lowest BCUT2D eigenvalue weighted by Gasteiger charge is -2.05. The van der Waals surface area contributed by atoms with E-state index in [2.05, 4.69) is 11.9 Å². The quantitative estimate of drug-likeness (QED) is 0.583. The highest BCUT2D eigenvalue weighted by Crippen LogP contribution is 2.09. The van der Waals surface area contributed by atoms with Gasteiger partial charge in [-0.25, -0.2) is 0 Å². The summed E-state index contributed by atoms with van der Waals surface area (Å²) in [4.78, 5) is 4.01. The summed E-state index contributed by atoms with van der Waals surface area (Å²) in [5.41, 5.74) is 0. The molecule has 0 saturated carbocycles. The van der Waals surface area contributed by atoms with E-state index >= 15 is 0 Å². The summed E-state index contributed by atoms with van der Waals surface area (Å²) < 4.78 is 5.57. The van der Waals surface area contributed by atoms with Gasteiger partial charge in [-0.05, 0) is 18.6 Å². The second-order valence-corrected chi connectivity index (χ2v) is 4.16. The first-order valence-corrected chi connectivity index (χ1v) is 6.46. The largest absolute Gasteiger partial charge is 0.492 e. The van der Waals surface area contributed by atoms with Crippen molar-refractivity contribution in [1.29, 1.82) is 0 Å². The Labute approximate surface area is 99.0 Å². The van der Waals surface area contributed by atoms with E-state index in [1.165, 1.54) is 38.5 Å². The second kappa shape index (κ2) is 9.20. The van der Waals surface area contributed by atoms with Crippen LogP contribution in [0.3, 0.4) is 0 Å². The van der Waals surface area contributed by atoms with Crippen LogP contribution < -0.4 is 4.74 Å². The molecule has 0 fully saturated rings. The standard InChI is InChI=1S/C14H23NO/c1-2-3-4-5-6-7-8-12-16-14-10-9-11-15-13-14/h9-11,13H,2-8,12H2,1H3. The predicted octanol–water partition coefficient (Wildman–Crippen LogP) is 4.21. The molecule has 1 aromatic rings. The van der Waals surface area contributed by atoms with Gasteiger partial charge < -0.3 is 4.74 Å². The van der Waals surface area contributed by atoms with Crippen molar-refractivity contribution in [3.63, 3.8) is 0 Å². The molecular formula is C14H23NO. The first-order chi connectivity index (χ1) is 7.93. The van der Waals surface area contributed by atoms with E-state index in [4.69, 9.17) is 4.74 Å². The van der Waals surface area contributed by atoms with Crippen LogP contribution >= 0.6 is 0 Å². The zero-order chi connectivity index (χ0) is 11.5. The third-order valence-corrected chi connectivity index (χ3v) is 2.65. The van der Waals surface area contributed by atoms with E-state index in [1.807, 2.05) is 12.1 Å². The third kappa shape index (κ3) is 6.44. The molecule has 2 heteroatoms. The fourth-order valence-corrected chi connectivity index (χ4v) is 1.68. The number of hydrogen-bond acceptors (Lipinski definition) is 2. The van der Waals surface area contributed by atoms with Crippen LogP contribution in [-0.2, 0) is 0 Å². The lowest BCUT2D eigenvalue weighted by molar-refractivity contribution is 0.303. The molecule has 16 heavy (non-hydrogen) atoms. The maximum Gasteiger partial charge on any atom is 0.137 e. The van der Waals surface area contributed by atoms with Gasteiger partial charge in [0.1, 0.15) is 5.75 Å². The van der Waals surface area contributed by atoms with Gasteiger partial charge in [0.25, 0.3) is 0 Å². The molecule has 1 rings (SSSR count). The van der Waals surface area contributed by atoms with E-state index in [0.29, 0.717) is 0 Å². The van der Waals surface area contributed by atoms with Gasteiger partial charge in [-0.3, -0.25) is 4.98 Å². The molecule has 1 aromatic heterocycles. The number of hydrogen-bond donors (Lipinski definition) is 0. The number of rotatable bonds is 9. The molecule has 0 N–H and O–H groups in total. The van der Waals surface area contributed by atoms with Crippen molar-refractivity contribution in [2.75, 3.05) is 6.61 Å². The summed E-state index contributed by atoms with van der Waals surface area (Å²) in [5.74, 6) is 0.883. The van der Waals surface area contributed by atoms with Crippen molar-refractivity contribution in [2.45, 2.75) is 51.9 Å². The number of ether oxygens (including phenoxy) is 1. The van der Waals surface area contributed by atoms with Crippen LogP contribution in [0.4, 0.5) is 0 Å². The Hall–Kier alpha value is -1.05. The number of pyridine rings is 1. The maximum atomic E-state index is 5.57. The fourth-order valence-electron chi connectivity index (χ4n) is 1.68. The number of aromatic nitrogens is 1. The normalized spacial score (nSPS) is 10.3. The molecule has 0 aromatic carbocycles. The molecule has 0 aliphatic heterocycles. The molecule has 0 atom stereocenters. The molecule has 0 bridgehead atoms. The lowest BCUT2D eigenvalue weighted by atomic mass is 10.1. The van der Waals surface area contributed by atoms with Crippen LogP contribution in [0.1, 0.15) is 51.9 Å². The van der Waals surface area contributed by atoms with Gasteiger partial charge in [-0.2, -0.15) is 0 Å². The van der Waals surface area contributed by atoms with Crippen molar-refractivity contribution in [1.82, 2.24) is 4.98 Å². The minimum atomic E-state index is 0.819. The van der Waals surface area contributed by atoms with E-state index in [-0.39, 0.29) is 0 Å². The van der Waals surface area contributed by atoms with Crippen LogP contribution in [-0.4, -0.2) is 11.6 Å². The zero-order valence-corrected chi connectivity index (χ0v) is 10.3. The highest BCUT2D eigenvalue weighted by Gasteiger charge is 1.93. The minimum Gasteiger partial charge on any atom is -0.492 e. The van der Waals surface area contributed by atoms with Gasteiger partial charge in [0.05, 0.1) is 12.8 Å². The minimum absolute atomic E-state index is 0.819. The molecule has 0 radical (unpaired) electrons. The summed E-state index contributed by atoms with van der Waals surface area (Å²) in [5, 5.41) is 0. The van der Waals surface area contributed by atoms with Gasteiger partial charge in [-0.1, -0.05) is 45.4 Å². The van der Waals surface area contributed by atoms with Crippen molar-refractivity contribution >= 4 is 0 Å². The Morgan fingerprint density at radius 3 is 2.50 bits per heavy atom. The van der Waals surface area contributed by atoms with E-state index in [0.717, 1.165) is 18.8 Å². The molecule has 1 heterocycles. The van der Waals surface area contributed by atoms with Crippen molar-refractivity contribution < 1.29 is 4.74 Å². The van der Waals surface area contributed by atoms with Gasteiger partial charge in [-0.15, -0.1) is 0 Å². The molecule has 0 unspecified atom stereocenters. The second-order valence-electron chi connectivity index (χ2n) is 4.16. The van der Waals surface area contributed by atoms with E-state index < -0.39 is 0 Å². The van der Waals surface area contributed by atoms with Crippen LogP contribution in [0.5, 0.6) is 5.75 Å². The molecule has 0 aliphatic carbocycles. The Morgan fingerprint density at radius 1 is 1.06 bits per heavy atom. The number of nitrogens with zero attached hydrogens (tertiary/aromatic N) is 1. The van der Waals surface area contributed by atoms with E-state index in [1.54, 1.807) is 12.4 Å². The maximum absolute atomic E-state index is 5.57. The zero-order valence-electron chi connectivity index (χ0n) is 10.3. The molecule has 0 aliphatic rings. The average molecular weight is 221 g/mol. The molecule has 0 amide bonds. The molecular weight excluding hydrogens is 198 g/mol. The van der Waals surface area contributed by atoms with Crippen molar-refractivity contribution in [3.8, 4) is 5.75 Å². The topological polar surface area (TPSA) is 22.1 Å². The summed E-state index contributed by atoms with van der Waals surface area (Å²) in [6.07, 6.45) is 12.8. The third-order valence-electron chi connectivity index (χ3n) is 2.65. The van der Waals surface area contributed by atoms with Crippen LogP contribution in [0.15, 0.2) is 24.5 Å². The summed E-state index contributed by atoms with van der Waals surface area (Å²) in [6.45, 7) is 3.07. The SMILES string of the molecule is CCCCCCCCCOc1cccnc1. The Morgan fingerprint density at radius 2 is 1.81 bits per heavy atom. The van der Waals surface area contributed by atoms with Crippen molar-refractivity contribution in [2.24, 2.45) is 0 Å². The van der Waals surface area contributed by atoms with E-state index in [9.17, 15) is 0 Å². The molecule has 90 valence electrons. The van der Waals surface area contributed by atoms with Gasteiger partial charge in [0, 0.05) is 6.20 Å². The molecule has 2 nitrogen and oxygen atoms in total. The highest BCUT2D eigenvalue weighted by atomic mass is 16.5. The molecule has 0 spiro atoms. The summed E-state index contributed by atoms with van der Waals surface area (Å²) in [6, 6.07) is 3.86. The predicted molar refractivity (Wildman–Crippen MR) is 67.7 cm³/mol. The Kier molecular flexibility index (Phi) is 7.48. The Balaban J connectivity index is 1.89. The van der Waals surface area contributed by atoms with Crippen LogP contribution in [0, 0.1) is 0 Å². The summed E-state index contributed by atoms with van der Waals surface area (Å²) in [7, 11) is 0. The van der Waals surface area contributed by atoms with Crippen LogP contribution in [0.25, 0.3) is 0 Å². The monoisotopic (exact) mass is 221 g/mol. The fraction of sp³-hybridized carbons (Fsp3) is 0.643. The Bertz CT molecular complexity index is 248. The first-order valence-electron chi connectivity index (χ1n) is 6.46.